The number of halogens is 2. The van der Waals surface area contributed by atoms with Crippen molar-refractivity contribution >= 4 is 52.3 Å². The van der Waals surface area contributed by atoms with Gasteiger partial charge in [0.2, 0.25) is 23.6 Å². The number of carbonyl (C=O) groups is 7. The van der Waals surface area contributed by atoms with Crippen LogP contribution in [0.5, 0.6) is 11.5 Å². The molecule has 0 aliphatic carbocycles. The Kier molecular flexibility index (Phi) is 14.1. The van der Waals surface area contributed by atoms with Gasteiger partial charge in [0, 0.05) is 54.3 Å². The van der Waals surface area contributed by atoms with Crippen LogP contribution in [0.15, 0.2) is 35.1 Å². The number of amides is 6. The van der Waals surface area contributed by atoms with Crippen LogP contribution in [-0.2, 0) is 68.2 Å². The number of aromatic nitrogens is 2. The zero-order chi connectivity index (χ0) is 48.4. The molecule has 67 heavy (non-hydrogen) atoms. The zero-order valence-electron chi connectivity index (χ0n) is 37.3. The number of aliphatic hydroxyl groups is 1. The van der Waals surface area contributed by atoms with E-state index in [1.54, 1.807) is 13.0 Å². The number of esters is 1. The van der Waals surface area contributed by atoms with Crippen molar-refractivity contribution in [2.75, 3.05) is 19.9 Å². The minimum atomic E-state index is -3.88. The summed E-state index contributed by atoms with van der Waals surface area (Å²) in [7, 11) is 0. The molecule has 4 aliphatic rings. The summed E-state index contributed by atoms with van der Waals surface area (Å²) in [6.07, 6.45) is 1.57. The maximum absolute atomic E-state index is 14.1. The van der Waals surface area contributed by atoms with E-state index in [4.69, 9.17) is 23.9 Å². The maximum Gasteiger partial charge on any atom is 0.586 e. The van der Waals surface area contributed by atoms with Crippen LogP contribution in [0.25, 0.3) is 22.3 Å². The van der Waals surface area contributed by atoms with Gasteiger partial charge in [-0.05, 0) is 77.0 Å². The molecule has 0 spiro atoms. The minimum absolute atomic E-state index is 0.0462. The van der Waals surface area contributed by atoms with Gasteiger partial charge in [0.15, 0.2) is 17.1 Å². The van der Waals surface area contributed by atoms with Crippen LogP contribution in [0.4, 0.5) is 8.78 Å². The first-order valence-electron chi connectivity index (χ1n) is 22.0. The van der Waals surface area contributed by atoms with Crippen molar-refractivity contribution < 1.29 is 66.4 Å². The first-order valence-corrected chi connectivity index (χ1v) is 22.0. The number of imide groups is 1. The molecule has 22 heteroatoms. The Balaban J connectivity index is 0.868. The fraction of sp³-hybridized carbons (Fsp3) is 0.489. The molecule has 4 atom stereocenters. The number of aryl methyl sites for hydroxylation is 1. The molecule has 5 N–H and O–H groups in total. The summed E-state index contributed by atoms with van der Waals surface area (Å²) in [5.74, 6) is -4.19. The predicted octanol–water partition coefficient (Wildman–Crippen LogP) is 1.81. The summed E-state index contributed by atoms with van der Waals surface area (Å²) in [5, 5.41) is 22.0. The molecule has 3 aromatic rings. The average molecular weight is 936 g/mol. The Hall–Kier alpha value is -6.81. The van der Waals surface area contributed by atoms with Crippen molar-refractivity contribution in [3.8, 4) is 22.9 Å². The summed E-state index contributed by atoms with van der Waals surface area (Å²) < 4.78 is 50.0. The van der Waals surface area contributed by atoms with Crippen LogP contribution in [0, 0.1) is 0 Å². The SMILES string of the molecule is CC[C@@]1(O)C(=O)OCc2c1cc1n(c2=O)Cc2c-1nc1cc3c(cc1c2CCCCOCNC(=O)[C@H](C)NC(=O)[C@H](C)NC(=O)[C@H](C)NC(=O)CCCCCN1C(=O)C=CC1=O)OC(F)(F)O3. The van der Waals surface area contributed by atoms with Gasteiger partial charge in [0.25, 0.3) is 17.4 Å². The monoisotopic (exact) mass is 935 g/mol. The lowest BCUT2D eigenvalue weighted by atomic mass is 9.86. The highest BCUT2D eigenvalue weighted by Gasteiger charge is 2.46. The van der Waals surface area contributed by atoms with E-state index in [0.717, 1.165) is 4.90 Å². The normalized spacial score (nSPS) is 18.7. The van der Waals surface area contributed by atoms with Crippen molar-refractivity contribution in [2.45, 2.75) is 122 Å². The highest BCUT2D eigenvalue weighted by molar-refractivity contribution is 6.12. The van der Waals surface area contributed by atoms with Crippen LogP contribution >= 0.6 is 0 Å². The number of pyridine rings is 2. The Labute approximate surface area is 381 Å². The minimum Gasteiger partial charge on any atom is -0.458 e. The molecule has 1 aromatic carbocycles. The Morgan fingerprint density at radius 3 is 2.19 bits per heavy atom. The largest absolute Gasteiger partial charge is 0.586 e. The van der Waals surface area contributed by atoms with Crippen molar-refractivity contribution in [1.29, 1.82) is 0 Å². The number of hydrogen-bond donors (Lipinski definition) is 5. The van der Waals surface area contributed by atoms with Crippen molar-refractivity contribution in [3.63, 3.8) is 0 Å². The number of alkyl halides is 2. The summed E-state index contributed by atoms with van der Waals surface area (Å²) in [5.41, 5.74) is 0.158. The van der Waals surface area contributed by atoms with Gasteiger partial charge in [0.1, 0.15) is 31.5 Å². The second-order valence-corrected chi connectivity index (χ2v) is 16.8. The van der Waals surface area contributed by atoms with E-state index in [0.29, 0.717) is 71.9 Å². The number of rotatable bonds is 20. The van der Waals surface area contributed by atoms with Gasteiger partial charge in [-0.1, -0.05) is 13.3 Å². The van der Waals surface area contributed by atoms with E-state index < -0.39 is 59.3 Å². The molecule has 6 heterocycles. The number of nitrogens with zero attached hydrogens (tertiary/aromatic N) is 3. The highest BCUT2D eigenvalue weighted by atomic mass is 19.3. The highest BCUT2D eigenvalue weighted by Crippen LogP contribution is 2.46. The topological polar surface area (TPSA) is 263 Å². The number of unbranched alkanes of at least 4 members (excludes halogenated alkanes) is 3. The van der Waals surface area contributed by atoms with Gasteiger partial charge in [-0.25, -0.2) is 9.78 Å². The lowest BCUT2D eigenvalue weighted by molar-refractivity contribution is -0.286. The summed E-state index contributed by atoms with van der Waals surface area (Å²) in [4.78, 5) is 106. The fourth-order valence-corrected chi connectivity index (χ4v) is 8.32. The molecular weight excluding hydrogens is 885 g/mol. The Bertz CT molecular complexity index is 2620. The van der Waals surface area contributed by atoms with Gasteiger partial charge in [-0.3, -0.25) is 38.5 Å². The molecule has 4 aliphatic heterocycles. The van der Waals surface area contributed by atoms with E-state index in [2.05, 4.69) is 21.3 Å². The van der Waals surface area contributed by atoms with E-state index >= 15 is 0 Å². The predicted molar refractivity (Wildman–Crippen MR) is 230 cm³/mol. The number of fused-ring (bicyclic) bond motifs is 6. The first kappa shape index (κ1) is 48.1. The molecule has 7 rings (SSSR count). The molecule has 0 unspecified atom stereocenters. The van der Waals surface area contributed by atoms with E-state index in [1.807, 2.05) is 0 Å². The third-order valence-electron chi connectivity index (χ3n) is 12.1. The summed E-state index contributed by atoms with van der Waals surface area (Å²) in [6.45, 7) is 5.96. The van der Waals surface area contributed by atoms with Gasteiger partial charge >= 0.3 is 12.3 Å². The number of cyclic esters (lactones) is 1. The van der Waals surface area contributed by atoms with Crippen LogP contribution in [0.2, 0.25) is 0 Å². The van der Waals surface area contributed by atoms with Crippen molar-refractivity contribution in [3.05, 3.63) is 63.0 Å². The standard InChI is InChI=1S/C45H51F2N7O13/c1-5-44(63)30-18-32-38-28(20-54(32)42(61)29(30)21-65-43(44)62)26(27-17-33-34(19-31(27)52-38)67-45(46,47)66-33)11-8-10-16-64-22-48-39(58)23(2)50-41(60)25(4)51-40(59)24(3)49-35(55)12-7-6-9-15-53-36(56)13-14-37(53)57/h13-14,17-19,23-25,63H,5-12,15-16,20-22H2,1-4H3,(H,48,58)(H,49,55)(H,50,60)(H,51,59)/t23-,24-,25-,44-/m0/s1. The number of carbonyl (C=O) groups excluding carboxylic acids is 7. The summed E-state index contributed by atoms with van der Waals surface area (Å²) >= 11 is 0. The van der Waals surface area contributed by atoms with E-state index in [-0.39, 0.29) is 86.2 Å². The second-order valence-electron chi connectivity index (χ2n) is 16.8. The van der Waals surface area contributed by atoms with Crippen molar-refractivity contribution in [2.24, 2.45) is 0 Å². The fourth-order valence-electron chi connectivity index (χ4n) is 8.32. The first-order chi connectivity index (χ1) is 31.8. The van der Waals surface area contributed by atoms with Crippen LogP contribution in [0.1, 0.15) is 94.9 Å². The summed E-state index contributed by atoms with van der Waals surface area (Å²) in [6, 6.07) is 1.31. The molecule has 0 radical (unpaired) electrons. The Morgan fingerprint density at radius 2 is 1.51 bits per heavy atom. The quantitative estimate of drug-likeness (QED) is 0.0367. The average Bonchev–Trinajstić information content (AvgIpc) is 3.92. The third kappa shape index (κ3) is 10.1. The van der Waals surface area contributed by atoms with Crippen LogP contribution in [-0.4, -0.2) is 105 Å². The van der Waals surface area contributed by atoms with Gasteiger partial charge in [0.05, 0.1) is 29.0 Å². The molecule has 0 fully saturated rings. The molecule has 6 amide bonds. The van der Waals surface area contributed by atoms with Crippen LogP contribution in [0.3, 0.4) is 0 Å². The smallest absolute Gasteiger partial charge is 0.458 e. The number of nitrogens with one attached hydrogen (secondary N) is 4. The lowest BCUT2D eigenvalue weighted by Crippen LogP contribution is -2.54. The van der Waals surface area contributed by atoms with Gasteiger partial charge < -0.3 is 49.9 Å². The van der Waals surface area contributed by atoms with Crippen LogP contribution < -0.4 is 36.3 Å². The molecule has 2 aromatic heterocycles. The van der Waals surface area contributed by atoms with E-state index in [1.165, 1.54) is 49.6 Å². The second kappa shape index (κ2) is 19.6. The number of benzene rings is 1. The number of ether oxygens (including phenoxy) is 4. The molecule has 358 valence electrons. The Morgan fingerprint density at radius 1 is 0.851 bits per heavy atom. The molecular formula is C45H51F2N7O13. The molecule has 0 bridgehead atoms. The maximum atomic E-state index is 14.1. The lowest BCUT2D eigenvalue weighted by Gasteiger charge is -2.31. The molecule has 0 saturated carbocycles. The third-order valence-corrected chi connectivity index (χ3v) is 12.1. The molecule has 20 nitrogen and oxygen atoms in total. The zero-order valence-corrected chi connectivity index (χ0v) is 37.3. The van der Waals surface area contributed by atoms with Gasteiger partial charge in [-0.15, -0.1) is 8.78 Å². The number of hydrogen-bond acceptors (Lipinski definition) is 14. The van der Waals surface area contributed by atoms with Gasteiger partial charge in [-0.2, -0.15) is 0 Å². The van der Waals surface area contributed by atoms with Crippen molar-refractivity contribution in [1.82, 2.24) is 35.7 Å². The molecule has 0 saturated heterocycles. The van der Waals surface area contributed by atoms with E-state index in [9.17, 15) is 52.2 Å².